The summed E-state index contributed by atoms with van der Waals surface area (Å²) in [4.78, 5) is 20.4. The monoisotopic (exact) mass is 307 g/mol. The fraction of sp³-hybridized carbons (Fsp3) is 0.167. The molecule has 2 aromatic rings. The van der Waals surface area contributed by atoms with E-state index >= 15 is 0 Å². The van der Waals surface area contributed by atoms with Gasteiger partial charge in [-0.25, -0.2) is 9.79 Å². The number of aromatic nitrogens is 1. The first-order valence-corrected chi connectivity index (χ1v) is 7.42. The molecule has 0 fully saturated rings. The molecule has 2 heterocycles. The number of benzene rings is 1. The van der Waals surface area contributed by atoms with Crippen LogP contribution in [0.3, 0.4) is 0 Å². The van der Waals surface area contributed by atoms with Crippen molar-refractivity contribution in [2.75, 3.05) is 6.61 Å². The van der Waals surface area contributed by atoms with E-state index in [0.717, 1.165) is 22.4 Å². The van der Waals surface area contributed by atoms with Crippen molar-refractivity contribution in [2.24, 2.45) is 10.7 Å². The number of aliphatic imine (C=N–C) groups is 1. The van der Waals surface area contributed by atoms with Crippen LogP contribution in [0.15, 0.2) is 53.3 Å². The van der Waals surface area contributed by atoms with Gasteiger partial charge in [0.05, 0.1) is 12.3 Å². The lowest BCUT2D eigenvalue weighted by atomic mass is 10.0. The SMILES string of the molecule is CCOC(=O)C1=Cc2ccc(-c3ccncc3)cc2N=C(N)C1. The fourth-order valence-corrected chi connectivity index (χ4v) is 2.47. The number of nitrogens with two attached hydrogens (primary N) is 1. The number of amidine groups is 1. The van der Waals surface area contributed by atoms with Crippen molar-refractivity contribution in [3.05, 3.63) is 53.9 Å². The maximum atomic E-state index is 12.0. The average Bonchev–Trinajstić information content (AvgIpc) is 2.73. The molecule has 0 bridgehead atoms. The van der Waals surface area contributed by atoms with Crippen LogP contribution in [0.2, 0.25) is 0 Å². The summed E-state index contributed by atoms with van der Waals surface area (Å²) in [5.74, 6) is 0.0478. The van der Waals surface area contributed by atoms with Gasteiger partial charge in [-0.2, -0.15) is 0 Å². The van der Waals surface area contributed by atoms with E-state index in [1.165, 1.54) is 0 Å². The topological polar surface area (TPSA) is 77.6 Å². The van der Waals surface area contributed by atoms with E-state index < -0.39 is 0 Å². The molecule has 1 aromatic carbocycles. The molecule has 1 aliphatic heterocycles. The number of hydrogen-bond donors (Lipinski definition) is 1. The van der Waals surface area contributed by atoms with Gasteiger partial charge in [0.2, 0.25) is 0 Å². The minimum absolute atomic E-state index is 0.290. The molecule has 0 unspecified atom stereocenters. The standard InChI is InChI=1S/C18H17N3O2/c1-2-23-18(22)15-9-14-4-3-13(12-5-7-20-8-6-12)10-16(14)21-17(19)11-15/h3-10H,2,11H2,1H3,(H2,19,21). The Hall–Kier alpha value is -2.95. The average molecular weight is 307 g/mol. The summed E-state index contributed by atoms with van der Waals surface area (Å²) in [5, 5.41) is 0. The molecule has 0 radical (unpaired) electrons. The molecule has 3 rings (SSSR count). The van der Waals surface area contributed by atoms with Crippen LogP contribution in [-0.4, -0.2) is 23.4 Å². The molecule has 5 nitrogen and oxygen atoms in total. The van der Waals surface area contributed by atoms with Crippen LogP contribution in [0, 0.1) is 0 Å². The van der Waals surface area contributed by atoms with Gasteiger partial charge in [0, 0.05) is 30.0 Å². The fourth-order valence-electron chi connectivity index (χ4n) is 2.47. The molecule has 5 heteroatoms. The van der Waals surface area contributed by atoms with Crippen LogP contribution in [0.4, 0.5) is 5.69 Å². The van der Waals surface area contributed by atoms with E-state index in [2.05, 4.69) is 9.98 Å². The molecule has 116 valence electrons. The van der Waals surface area contributed by atoms with Crippen LogP contribution >= 0.6 is 0 Å². The predicted octanol–water partition coefficient (Wildman–Crippen LogP) is 3.09. The summed E-state index contributed by atoms with van der Waals surface area (Å²) < 4.78 is 5.07. The second-order valence-electron chi connectivity index (χ2n) is 5.18. The molecule has 2 N–H and O–H groups in total. The highest BCUT2D eigenvalue weighted by Crippen LogP contribution is 2.31. The van der Waals surface area contributed by atoms with Crippen molar-refractivity contribution in [1.82, 2.24) is 4.98 Å². The van der Waals surface area contributed by atoms with Crippen LogP contribution in [0.25, 0.3) is 17.2 Å². The Kier molecular flexibility index (Phi) is 4.19. The van der Waals surface area contributed by atoms with Crippen molar-refractivity contribution in [2.45, 2.75) is 13.3 Å². The minimum Gasteiger partial charge on any atom is -0.463 e. The molecular weight excluding hydrogens is 290 g/mol. The molecular formula is C18H17N3O2. The summed E-state index contributed by atoms with van der Waals surface area (Å²) in [5.41, 5.74) is 10.1. The number of nitrogens with zero attached hydrogens (tertiary/aromatic N) is 2. The molecule has 1 aromatic heterocycles. The van der Waals surface area contributed by atoms with Gasteiger partial charge in [0.25, 0.3) is 0 Å². The number of carbonyl (C=O) groups excluding carboxylic acids is 1. The third-order valence-electron chi connectivity index (χ3n) is 3.55. The van der Waals surface area contributed by atoms with Crippen molar-refractivity contribution in [3.8, 4) is 11.1 Å². The van der Waals surface area contributed by atoms with E-state index in [0.29, 0.717) is 18.0 Å². The number of fused-ring (bicyclic) bond motifs is 1. The zero-order valence-corrected chi connectivity index (χ0v) is 12.8. The number of ether oxygens (including phenoxy) is 1. The summed E-state index contributed by atoms with van der Waals surface area (Å²) in [6.45, 7) is 2.11. The third-order valence-corrected chi connectivity index (χ3v) is 3.55. The largest absolute Gasteiger partial charge is 0.463 e. The maximum absolute atomic E-state index is 12.0. The van der Waals surface area contributed by atoms with Crippen LogP contribution in [0.1, 0.15) is 18.9 Å². The number of rotatable bonds is 3. The molecule has 23 heavy (non-hydrogen) atoms. The van der Waals surface area contributed by atoms with Crippen molar-refractivity contribution >= 4 is 23.6 Å². The normalized spacial score (nSPS) is 13.4. The Bertz CT molecular complexity index is 795. The number of pyridine rings is 1. The highest BCUT2D eigenvalue weighted by Gasteiger charge is 2.17. The lowest BCUT2D eigenvalue weighted by Crippen LogP contribution is -2.16. The summed E-state index contributed by atoms with van der Waals surface area (Å²) in [7, 11) is 0. The Balaban J connectivity index is 2.03. The van der Waals surface area contributed by atoms with Crippen molar-refractivity contribution < 1.29 is 9.53 Å². The highest BCUT2D eigenvalue weighted by molar-refractivity contribution is 6.03. The number of carbonyl (C=O) groups is 1. The quantitative estimate of drug-likeness (QED) is 0.884. The van der Waals surface area contributed by atoms with Gasteiger partial charge in [0.1, 0.15) is 5.84 Å². The molecule has 0 atom stereocenters. The number of hydrogen-bond acceptors (Lipinski definition) is 5. The van der Waals surface area contributed by atoms with E-state index in [-0.39, 0.29) is 12.4 Å². The molecule has 0 spiro atoms. The van der Waals surface area contributed by atoms with E-state index in [1.807, 2.05) is 30.3 Å². The Morgan fingerprint density at radius 3 is 2.74 bits per heavy atom. The van der Waals surface area contributed by atoms with Gasteiger partial charge < -0.3 is 10.5 Å². The highest BCUT2D eigenvalue weighted by atomic mass is 16.5. The molecule has 0 aliphatic carbocycles. The van der Waals surface area contributed by atoms with E-state index in [9.17, 15) is 4.79 Å². The van der Waals surface area contributed by atoms with Crippen molar-refractivity contribution in [3.63, 3.8) is 0 Å². The van der Waals surface area contributed by atoms with Gasteiger partial charge in [-0.05, 0) is 42.3 Å². The first kappa shape index (κ1) is 15.0. The van der Waals surface area contributed by atoms with E-state index in [4.69, 9.17) is 10.5 Å². The van der Waals surface area contributed by atoms with Crippen molar-refractivity contribution in [1.29, 1.82) is 0 Å². The Labute approximate surface area is 134 Å². The lowest BCUT2D eigenvalue weighted by Gasteiger charge is -2.06. The smallest absolute Gasteiger partial charge is 0.334 e. The Morgan fingerprint density at radius 1 is 1.22 bits per heavy atom. The second kappa shape index (κ2) is 6.44. The summed E-state index contributed by atoms with van der Waals surface area (Å²) in [6.07, 6.45) is 5.58. The van der Waals surface area contributed by atoms with E-state index in [1.54, 1.807) is 25.4 Å². The zero-order valence-electron chi connectivity index (χ0n) is 12.8. The van der Waals surface area contributed by atoms with Crippen LogP contribution in [-0.2, 0) is 9.53 Å². The van der Waals surface area contributed by atoms with Gasteiger partial charge in [0.15, 0.2) is 0 Å². The lowest BCUT2D eigenvalue weighted by molar-refractivity contribution is -0.138. The van der Waals surface area contributed by atoms with Gasteiger partial charge in [-0.1, -0.05) is 12.1 Å². The first-order chi connectivity index (χ1) is 11.2. The molecule has 0 saturated carbocycles. The summed E-state index contributed by atoms with van der Waals surface area (Å²) >= 11 is 0. The van der Waals surface area contributed by atoms with Crippen LogP contribution < -0.4 is 5.73 Å². The van der Waals surface area contributed by atoms with Gasteiger partial charge in [-0.15, -0.1) is 0 Å². The first-order valence-electron chi connectivity index (χ1n) is 7.42. The Morgan fingerprint density at radius 2 is 2.00 bits per heavy atom. The second-order valence-corrected chi connectivity index (χ2v) is 5.18. The zero-order chi connectivity index (χ0) is 16.2. The molecule has 0 saturated heterocycles. The predicted molar refractivity (Wildman–Crippen MR) is 90.2 cm³/mol. The van der Waals surface area contributed by atoms with Gasteiger partial charge >= 0.3 is 5.97 Å². The minimum atomic E-state index is -0.350. The molecule has 1 aliphatic rings. The third kappa shape index (κ3) is 3.29. The van der Waals surface area contributed by atoms with Crippen LogP contribution in [0.5, 0.6) is 0 Å². The van der Waals surface area contributed by atoms with Gasteiger partial charge in [-0.3, -0.25) is 4.98 Å². The maximum Gasteiger partial charge on any atom is 0.334 e. The molecule has 0 amide bonds. The number of esters is 1. The summed E-state index contributed by atoms with van der Waals surface area (Å²) in [6, 6.07) is 9.76.